The molecule has 1 aromatic rings. The van der Waals surface area contributed by atoms with Gasteiger partial charge in [-0.3, -0.25) is 5.10 Å². The second kappa shape index (κ2) is 8.98. The molecule has 1 aromatic heterocycles. The third kappa shape index (κ3) is 5.62. The number of ether oxygens (including phenoxy) is 1. The Balaban J connectivity index is 0.00000400. The van der Waals surface area contributed by atoms with Crippen LogP contribution in [0.15, 0.2) is 11.2 Å². The number of rotatable bonds is 8. The highest BCUT2D eigenvalue weighted by atomic mass is 35.5. The summed E-state index contributed by atoms with van der Waals surface area (Å²) in [4.78, 5) is 11.6. The van der Waals surface area contributed by atoms with Gasteiger partial charge in [-0.1, -0.05) is 6.92 Å². The smallest absolute Gasteiger partial charge is 0.342 e. The maximum atomic E-state index is 12.1. The van der Waals surface area contributed by atoms with Crippen LogP contribution in [-0.2, 0) is 14.8 Å². The Labute approximate surface area is 130 Å². The molecule has 0 aliphatic carbocycles. The molecule has 0 aliphatic rings. The zero-order valence-electron chi connectivity index (χ0n) is 12.2. The number of hydrogen-bond donors (Lipinski definition) is 3. The van der Waals surface area contributed by atoms with Crippen LogP contribution in [0.2, 0.25) is 0 Å². The van der Waals surface area contributed by atoms with E-state index >= 15 is 0 Å². The predicted molar refractivity (Wildman–Crippen MR) is 80.1 cm³/mol. The fourth-order valence-electron chi connectivity index (χ4n) is 1.56. The number of carbonyl (C=O) groups excluding carboxylic acids is 1. The van der Waals surface area contributed by atoms with E-state index < -0.39 is 16.0 Å². The molecule has 122 valence electrons. The average Bonchev–Trinajstić information content (AvgIpc) is 2.87. The van der Waals surface area contributed by atoms with Gasteiger partial charge >= 0.3 is 5.97 Å². The highest BCUT2D eigenvalue weighted by Crippen LogP contribution is 2.12. The molecule has 0 bridgehead atoms. The Bertz CT molecular complexity index is 546. The van der Waals surface area contributed by atoms with Gasteiger partial charge in [0.05, 0.1) is 12.8 Å². The first-order valence-electron chi connectivity index (χ1n) is 6.35. The fourth-order valence-corrected chi connectivity index (χ4v) is 2.77. The van der Waals surface area contributed by atoms with E-state index in [0.29, 0.717) is 0 Å². The lowest BCUT2D eigenvalue weighted by Crippen LogP contribution is -2.39. The molecule has 8 nitrogen and oxygen atoms in total. The van der Waals surface area contributed by atoms with E-state index in [1.807, 2.05) is 13.8 Å². The van der Waals surface area contributed by atoms with E-state index in [1.165, 1.54) is 0 Å². The number of carbonyl (C=O) groups is 1. The van der Waals surface area contributed by atoms with Crippen molar-refractivity contribution in [3.05, 3.63) is 11.8 Å². The second-order valence-corrected chi connectivity index (χ2v) is 5.85. The molecular weight excluding hydrogens is 320 g/mol. The molecule has 0 fully saturated rings. The minimum Gasteiger partial charge on any atom is -0.462 e. The van der Waals surface area contributed by atoms with Crippen LogP contribution in [0.1, 0.15) is 31.1 Å². The lowest BCUT2D eigenvalue weighted by Gasteiger charge is -2.13. The summed E-state index contributed by atoms with van der Waals surface area (Å²) in [5.41, 5.74) is -0.101. The quantitative estimate of drug-likeness (QED) is 0.586. The van der Waals surface area contributed by atoms with Crippen molar-refractivity contribution in [1.82, 2.24) is 20.2 Å². The van der Waals surface area contributed by atoms with Crippen LogP contribution >= 0.6 is 12.4 Å². The number of likely N-dealkylation sites (N-methyl/N-ethyl adjacent to an activating group) is 1. The lowest BCUT2D eigenvalue weighted by atomic mass is 10.3. The molecule has 0 spiro atoms. The third-order valence-electron chi connectivity index (χ3n) is 2.50. The average molecular weight is 341 g/mol. The second-order valence-electron chi connectivity index (χ2n) is 4.14. The Morgan fingerprint density at radius 1 is 1.48 bits per heavy atom. The number of aromatic amines is 1. The predicted octanol–water partition coefficient (Wildman–Crippen LogP) is 0.285. The number of nitrogens with zero attached hydrogens (tertiary/aromatic N) is 1. The van der Waals surface area contributed by atoms with E-state index in [0.717, 1.165) is 12.7 Å². The number of aromatic nitrogens is 2. The van der Waals surface area contributed by atoms with Crippen LogP contribution < -0.4 is 10.0 Å². The van der Waals surface area contributed by atoms with Crippen LogP contribution in [0.4, 0.5) is 0 Å². The van der Waals surface area contributed by atoms with Crippen molar-refractivity contribution < 1.29 is 17.9 Å². The minimum absolute atomic E-state index is 0. The van der Waals surface area contributed by atoms with E-state index in [1.54, 1.807) is 6.92 Å². The summed E-state index contributed by atoms with van der Waals surface area (Å²) in [6, 6.07) is -0.0243. The topological polar surface area (TPSA) is 113 Å². The minimum atomic E-state index is -3.83. The van der Waals surface area contributed by atoms with Crippen LogP contribution in [0.25, 0.3) is 0 Å². The summed E-state index contributed by atoms with van der Waals surface area (Å²) in [5, 5.41) is 8.71. The van der Waals surface area contributed by atoms with Gasteiger partial charge in [0, 0.05) is 12.6 Å². The monoisotopic (exact) mass is 340 g/mol. The molecule has 0 aliphatic heterocycles. The molecule has 0 saturated carbocycles. The van der Waals surface area contributed by atoms with Gasteiger partial charge < -0.3 is 10.1 Å². The molecule has 0 amide bonds. The molecule has 1 rings (SSSR count). The molecule has 0 aromatic carbocycles. The van der Waals surface area contributed by atoms with Gasteiger partial charge in [0.2, 0.25) is 0 Å². The molecular formula is C11H21ClN4O4S. The Kier molecular flexibility index (Phi) is 8.48. The van der Waals surface area contributed by atoms with Gasteiger partial charge in [0.25, 0.3) is 10.0 Å². The first-order chi connectivity index (χ1) is 9.42. The Morgan fingerprint density at radius 3 is 2.71 bits per heavy atom. The number of sulfonamides is 1. The zero-order valence-corrected chi connectivity index (χ0v) is 13.8. The van der Waals surface area contributed by atoms with E-state index in [2.05, 4.69) is 20.2 Å². The highest BCUT2D eigenvalue weighted by Gasteiger charge is 2.25. The van der Waals surface area contributed by atoms with Gasteiger partial charge in [-0.15, -0.1) is 12.4 Å². The van der Waals surface area contributed by atoms with Crippen LogP contribution in [0.3, 0.4) is 0 Å². The molecule has 21 heavy (non-hydrogen) atoms. The molecule has 1 heterocycles. The SMILES string of the molecule is CCN[C@H](C)CNS(=O)(=O)c1[nH]ncc1C(=O)OCC.Cl. The van der Waals surface area contributed by atoms with Crippen LogP contribution in [0, 0.1) is 0 Å². The lowest BCUT2D eigenvalue weighted by molar-refractivity contribution is 0.0522. The summed E-state index contributed by atoms with van der Waals surface area (Å²) in [6.45, 7) is 6.53. The van der Waals surface area contributed by atoms with Crippen molar-refractivity contribution in [1.29, 1.82) is 0 Å². The number of nitrogens with one attached hydrogen (secondary N) is 3. The first-order valence-corrected chi connectivity index (χ1v) is 7.84. The van der Waals surface area contributed by atoms with Crippen LogP contribution in [-0.4, -0.2) is 50.3 Å². The van der Waals surface area contributed by atoms with Gasteiger partial charge in [-0.25, -0.2) is 17.9 Å². The largest absolute Gasteiger partial charge is 0.462 e. The number of esters is 1. The van der Waals surface area contributed by atoms with Crippen molar-refractivity contribution >= 4 is 28.4 Å². The number of hydrogen-bond acceptors (Lipinski definition) is 6. The molecule has 0 unspecified atom stereocenters. The van der Waals surface area contributed by atoms with Crippen molar-refractivity contribution in [2.45, 2.75) is 31.8 Å². The van der Waals surface area contributed by atoms with Crippen molar-refractivity contribution in [3.63, 3.8) is 0 Å². The van der Waals surface area contributed by atoms with Crippen LogP contribution in [0.5, 0.6) is 0 Å². The molecule has 1 atom stereocenters. The molecule has 10 heteroatoms. The molecule has 0 saturated heterocycles. The molecule has 0 radical (unpaired) electrons. The van der Waals surface area contributed by atoms with Crippen molar-refractivity contribution in [2.75, 3.05) is 19.7 Å². The summed E-state index contributed by atoms with van der Waals surface area (Å²) in [5.74, 6) is -0.721. The summed E-state index contributed by atoms with van der Waals surface area (Å²) < 4.78 is 31.4. The van der Waals surface area contributed by atoms with Crippen molar-refractivity contribution in [3.8, 4) is 0 Å². The summed E-state index contributed by atoms with van der Waals surface area (Å²) >= 11 is 0. The van der Waals surface area contributed by atoms with Crippen molar-refractivity contribution in [2.24, 2.45) is 0 Å². The number of H-pyrrole nitrogens is 1. The van der Waals surface area contributed by atoms with Gasteiger partial charge in [0.1, 0.15) is 5.56 Å². The number of halogens is 1. The van der Waals surface area contributed by atoms with Gasteiger partial charge in [0.15, 0.2) is 5.03 Å². The normalized spacial score (nSPS) is 12.5. The first kappa shape index (κ1) is 19.8. The van der Waals surface area contributed by atoms with E-state index in [4.69, 9.17) is 4.74 Å². The van der Waals surface area contributed by atoms with E-state index in [9.17, 15) is 13.2 Å². The van der Waals surface area contributed by atoms with Gasteiger partial charge in [-0.2, -0.15) is 5.10 Å². The molecule has 3 N–H and O–H groups in total. The highest BCUT2D eigenvalue weighted by molar-refractivity contribution is 7.89. The maximum absolute atomic E-state index is 12.1. The summed E-state index contributed by atoms with van der Waals surface area (Å²) in [7, 11) is -3.83. The zero-order chi connectivity index (χ0) is 15.2. The summed E-state index contributed by atoms with van der Waals surface area (Å²) in [6.07, 6.45) is 1.14. The van der Waals surface area contributed by atoms with E-state index in [-0.39, 0.29) is 42.2 Å². The third-order valence-corrected chi connectivity index (χ3v) is 3.90. The fraction of sp³-hybridized carbons (Fsp3) is 0.636. The Morgan fingerprint density at radius 2 is 2.14 bits per heavy atom. The Hall–Kier alpha value is -1.16. The standard InChI is InChI=1S/C11H20N4O4S.ClH/c1-4-12-8(3)6-14-20(17,18)10-9(7-13-15-10)11(16)19-5-2;/h7-8,12,14H,4-6H2,1-3H3,(H,13,15);1H/t8-;/m1./s1. The maximum Gasteiger partial charge on any atom is 0.342 e. The van der Waals surface area contributed by atoms with Gasteiger partial charge in [-0.05, 0) is 20.4 Å².